The lowest BCUT2D eigenvalue weighted by Gasteiger charge is -2.39. The number of halogens is 6. The Hall–Kier alpha value is -3.53. The number of amides is 1. The van der Waals surface area contributed by atoms with Gasteiger partial charge in [0.15, 0.2) is 0 Å². The first-order valence-electron chi connectivity index (χ1n) is 13.1. The van der Waals surface area contributed by atoms with Crippen LogP contribution in [0.2, 0.25) is 0 Å². The van der Waals surface area contributed by atoms with Crippen LogP contribution in [0.15, 0.2) is 72.8 Å². The molecule has 5 rings (SSSR count). The zero-order valence-electron chi connectivity index (χ0n) is 21.5. The summed E-state index contributed by atoms with van der Waals surface area (Å²) in [5.74, 6) is -1.03. The molecule has 0 saturated carbocycles. The van der Waals surface area contributed by atoms with Crippen molar-refractivity contribution in [3.8, 4) is 0 Å². The highest BCUT2D eigenvalue weighted by molar-refractivity contribution is 5.95. The maximum atomic E-state index is 13.4. The summed E-state index contributed by atoms with van der Waals surface area (Å²) >= 11 is 0. The first-order chi connectivity index (χ1) is 19.0. The van der Waals surface area contributed by atoms with E-state index in [0.29, 0.717) is 31.8 Å². The fraction of sp³-hybridized carbons (Fsp3) is 0.367. The van der Waals surface area contributed by atoms with Crippen LogP contribution in [-0.2, 0) is 17.1 Å². The molecule has 0 radical (unpaired) electrons. The lowest BCUT2D eigenvalue weighted by Crippen LogP contribution is -2.42. The number of likely N-dealkylation sites (tertiary alicyclic amines) is 1. The number of carbonyl (C=O) groups excluding carboxylic acids is 1. The van der Waals surface area contributed by atoms with Crippen LogP contribution in [0.4, 0.5) is 32.0 Å². The molecule has 0 unspecified atom stereocenters. The molecule has 0 aliphatic carbocycles. The largest absolute Gasteiger partial charge is 0.416 e. The summed E-state index contributed by atoms with van der Waals surface area (Å²) in [6, 6.07) is 18.8. The third kappa shape index (κ3) is 6.11. The van der Waals surface area contributed by atoms with Crippen molar-refractivity contribution in [3.05, 3.63) is 101 Å². The first-order valence-corrected chi connectivity index (χ1v) is 13.1. The van der Waals surface area contributed by atoms with E-state index in [2.05, 4.69) is 4.90 Å². The zero-order chi connectivity index (χ0) is 28.5. The van der Waals surface area contributed by atoms with Crippen molar-refractivity contribution >= 4 is 11.6 Å². The Bertz CT molecular complexity index is 1290. The van der Waals surface area contributed by atoms with Crippen molar-refractivity contribution in [2.24, 2.45) is 0 Å². The SMILES string of the molecule is O=C(c1cc(C(F)(F)F)cc(C(F)(F)F)c1)N1CC[C@@H](c2ccccc2)[C@@H](c2ccc(N3CCOCC3)cc2)C1. The molecule has 0 aromatic heterocycles. The van der Waals surface area contributed by atoms with Crippen molar-refractivity contribution in [1.29, 1.82) is 0 Å². The Morgan fingerprint density at radius 1 is 0.725 bits per heavy atom. The second kappa shape index (κ2) is 11.2. The maximum absolute atomic E-state index is 13.4. The third-order valence-electron chi connectivity index (χ3n) is 7.66. The Balaban J connectivity index is 1.45. The molecule has 0 spiro atoms. The highest BCUT2D eigenvalue weighted by Crippen LogP contribution is 2.41. The van der Waals surface area contributed by atoms with E-state index in [4.69, 9.17) is 4.74 Å². The van der Waals surface area contributed by atoms with E-state index in [1.165, 1.54) is 4.90 Å². The average molecular weight is 563 g/mol. The second-order valence-electron chi connectivity index (χ2n) is 10.1. The van der Waals surface area contributed by atoms with E-state index in [9.17, 15) is 31.1 Å². The highest BCUT2D eigenvalue weighted by atomic mass is 19.4. The van der Waals surface area contributed by atoms with Crippen LogP contribution in [0.25, 0.3) is 0 Å². The van der Waals surface area contributed by atoms with Crippen LogP contribution < -0.4 is 4.90 Å². The summed E-state index contributed by atoms with van der Waals surface area (Å²) in [6.07, 6.45) is -9.54. The highest BCUT2D eigenvalue weighted by Gasteiger charge is 2.39. The minimum absolute atomic E-state index is 0.0201. The number of morpholine rings is 1. The normalized spacial score (nSPS) is 20.4. The van der Waals surface area contributed by atoms with Gasteiger partial charge < -0.3 is 14.5 Å². The van der Waals surface area contributed by atoms with Crippen LogP contribution in [0.1, 0.15) is 50.9 Å². The molecule has 2 saturated heterocycles. The van der Waals surface area contributed by atoms with Gasteiger partial charge in [-0.25, -0.2) is 0 Å². The molecular formula is C30H28F6N2O2. The van der Waals surface area contributed by atoms with E-state index < -0.39 is 35.0 Å². The van der Waals surface area contributed by atoms with Crippen molar-refractivity contribution in [2.75, 3.05) is 44.3 Å². The lowest BCUT2D eigenvalue weighted by atomic mass is 9.76. The van der Waals surface area contributed by atoms with Crippen LogP contribution in [0.3, 0.4) is 0 Å². The summed E-state index contributed by atoms with van der Waals surface area (Å²) in [5, 5.41) is 0. The minimum atomic E-state index is -5.03. The number of hydrogen-bond donors (Lipinski definition) is 0. The van der Waals surface area contributed by atoms with Gasteiger partial charge in [0.25, 0.3) is 5.91 Å². The minimum Gasteiger partial charge on any atom is -0.378 e. The molecule has 0 bridgehead atoms. The van der Waals surface area contributed by atoms with E-state index >= 15 is 0 Å². The smallest absolute Gasteiger partial charge is 0.378 e. The molecule has 1 amide bonds. The standard InChI is InChI=1S/C30H28F6N2O2/c31-29(32,33)23-16-22(17-24(18-23)30(34,35)36)28(39)38-11-10-26(20-4-2-1-3-5-20)27(19-38)21-6-8-25(9-7-21)37-12-14-40-15-13-37/h1-9,16-18,26-27H,10-15,19H2/t26-,27+/m0/s1. The summed E-state index contributed by atoms with van der Waals surface area (Å²) in [7, 11) is 0. The van der Waals surface area contributed by atoms with Gasteiger partial charge in [-0.05, 0) is 53.8 Å². The molecule has 2 aliphatic heterocycles. The number of rotatable bonds is 4. The van der Waals surface area contributed by atoms with E-state index in [1.54, 1.807) is 0 Å². The summed E-state index contributed by atoms with van der Waals surface area (Å²) in [6.45, 7) is 3.20. The molecule has 2 fully saturated rings. The number of piperidine rings is 1. The number of benzene rings is 3. The van der Waals surface area contributed by atoms with Crippen molar-refractivity contribution in [1.82, 2.24) is 4.90 Å². The number of carbonyl (C=O) groups is 1. The van der Waals surface area contributed by atoms with Gasteiger partial charge in [0.05, 0.1) is 24.3 Å². The summed E-state index contributed by atoms with van der Waals surface area (Å²) < 4.78 is 86.0. The van der Waals surface area contributed by atoms with Crippen molar-refractivity contribution in [2.45, 2.75) is 30.6 Å². The number of anilines is 1. The Morgan fingerprint density at radius 2 is 1.30 bits per heavy atom. The average Bonchev–Trinajstić information content (AvgIpc) is 2.96. The van der Waals surface area contributed by atoms with Gasteiger partial charge in [0.1, 0.15) is 0 Å². The summed E-state index contributed by atoms with van der Waals surface area (Å²) in [4.78, 5) is 17.0. The van der Waals surface area contributed by atoms with Gasteiger partial charge in [-0.3, -0.25) is 4.79 Å². The van der Waals surface area contributed by atoms with Crippen molar-refractivity contribution in [3.63, 3.8) is 0 Å². The molecule has 0 N–H and O–H groups in total. The van der Waals surface area contributed by atoms with Crippen LogP contribution >= 0.6 is 0 Å². The molecule has 10 heteroatoms. The van der Waals surface area contributed by atoms with Crippen LogP contribution in [-0.4, -0.2) is 50.2 Å². The molecule has 2 heterocycles. The molecular weight excluding hydrogens is 534 g/mol. The Morgan fingerprint density at radius 3 is 1.88 bits per heavy atom. The van der Waals surface area contributed by atoms with Gasteiger partial charge in [-0.15, -0.1) is 0 Å². The van der Waals surface area contributed by atoms with Gasteiger partial charge in [-0.1, -0.05) is 42.5 Å². The van der Waals surface area contributed by atoms with E-state index in [0.717, 1.165) is 29.9 Å². The topological polar surface area (TPSA) is 32.8 Å². The van der Waals surface area contributed by atoms with Gasteiger partial charge in [0.2, 0.25) is 0 Å². The Kier molecular flexibility index (Phi) is 7.81. The molecule has 3 aromatic rings. The first kappa shape index (κ1) is 28.0. The number of hydrogen-bond acceptors (Lipinski definition) is 3. The molecule has 2 atom stereocenters. The molecule has 40 heavy (non-hydrogen) atoms. The zero-order valence-corrected chi connectivity index (χ0v) is 21.5. The second-order valence-corrected chi connectivity index (χ2v) is 10.1. The number of ether oxygens (including phenoxy) is 1. The molecule has 4 nitrogen and oxygen atoms in total. The van der Waals surface area contributed by atoms with Gasteiger partial charge in [-0.2, -0.15) is 26.3 Å². The fourth-order valence-electron chi connectivity index (χ4n) is 5.59. The van der Waals surface area contributed by atoms with E-state index in [-0.39, 0.29) is 31.0 Å². The monoisotopic (exact) mass is 562 g/mol. The van der Waals surface area contributed by atoms with Gasteiger partial charge >= 0.3 is 12.4 Å². The van der Waals surface area contributed by atoms with Crippen LogP contribution in [0.5, 0.6) is 0 Å². The fourth-order valence-corrected chi connectivity index (χ4v) is 5.59. The number of alkyl halides is 6. The quantitative estimate of drug-likeness (QED) is 0.322. The molecule has 3 aromatic carbocycles. The summed E-state index contributed by atoms with van der Waals surface area (Å²) in [5.41, 5.74) is -0.573. The maximum Gasteiger partial charge on any atom is 0.416 e. The molecule has 2 aliphatic rings. The predicted octanol–water partition coefficient (Wildman–Crippen LogP) is 6.97. The number of nitrogens with zero attached hydrogens (tertiary/aromatic N) is 2. The predicted molar refractivity (Wildman–Crippen MR) is 138 cm³/mol. The Labute approximate surface area is 228 Å². The lowest BCUT2D eigenvalue weighted by molar-refractivity contribution is -0.143. The van der Waals surface area contributed by atoms with Crippen LogP contribution in [0, 0.1) is 0 Å². The molecule has 212 valence electrons. The third-order valence-corrected chi connectivity index (χ3v) is 7.66. The van der Waals surface area contributed by atoms with Gasteiger partial charge in [0, 0.05) is 43.3 Å². The van der Waals surface area contributed by atoms with E-state index in [1.807, 2.05) is 54.6 Å². The van der Waals surface area contributed by atoms with Crippen molar-refractivity contribution < 1.29 is 35.9 Å².